The van der Waals surface area contributed by atoms with Crippen LogP contribution in [-0.4, -0.2) is 80.8 Å². The molecule has 8 nitrogen and oxygen atoms in total. The summed E-state index contributed by atoms with van der Waals surface area (Å²) in [4.78, 5) is 42.8. The molecule has 0 aromatic carbocycles. The van der Waals surface area contributed by atoms with Crippen LogP contribution in [0.5, 0.6) is 0 Å². The van der Waals surface area contributed by atoms with E-state index in [1.54, 1.807) is 22.8 Å². The van der Waals surface area contributed by atoms with Gasteiger partial charge in [0, 0.05) is 25.7 Å². The molecule has 8 heteroatoms. The minimum Gasteiger partial charge on any atom is -0.481 e. The smallest absolute Gasteiger partial charge is 0.310 e. The number of ether oxygens (including phenoxy) is 1. The molecule has 31 heavy (non-hydrogen) atoms. The second-order valence-electron chi connectivity index (χ2n) is 9.61. The molecule has 0 aromatic rings. The van der Waals surface area contributed by atoms with Crippen molar-refractivity contribution in [1.29, 1.82) is 0 Å². The van der Waals surface area contributed by atoms with Crippen molar-refractivity contribution in [3.05, 3.63) is 12.7 Å². The van der Waals surface area contributed by atoms with Crippen LogP contribution in [0.4, 0.5) is 0 Å². The Morgan fingerprint density at radius 3 is 2.55 bits per heavy atom. The number of carbonyl (C=O) groups is 3. The van der Waals surface area contributed by atoms with Gasteiger partial charge in [0.15, 0.2) is 0 Å². The van der Waals surface area contributed by atoms with Gasteiger partial charge in [-0.05, 0) is 46.5 Å². The summed E-state index contributed by atoms with van der Waals surface area (Å²) in [6, 6.07) is -0.914. The van der Waals surface area contributed by atoms with Gasteiger partial charge in [-0.1, -0.05) is 18.9 Å². The van der Waals surface area contributed by atoms with Crippen LogP contribution < -0.4 is 0 Å². The average Bonchev–Trinajstić information content (AvgIpc) is 3.26. The quantitative estimate of drug-likeness (QED) is 0.378. The third-order valence-electron chi connectivity index (χ3n) is 7.32. The molecule has 2 amide bonds. The third kappa shape index (κ3) is 3.78. The highest BCUT2D eigenvalue weighted by Crippen LogP contribution is 2.63. The minimum absolute atomic E-state index is 0.0908. The molecule has 3 saturated heterocycles. The van der Waals surface area contributed by atoms with Crippen LogP contribution in [0.15, 0.2) is 12.7 Å². The van der Waals surface area contributed by atoms with Crippen LogP contribution in [-0.2, 0) is 19.1 Å². The summed E-state index contributed by atoms with van der Waals surface area (Å²) in [6.07, 6.45) is 5.74. The van der Waals surface area contributed by atoms with E-state index in [1.807, 2.05) is 13.8 Å². The molecule has 2 N–H and O–H groups in total. The van der Waals surface area contributed by atoms with Crippen LogP contribution in [0.1, 0.15) is 59.3 Å². The molecule has 1 spiro atoms. The lowest BCUT2D eigenvalue weighted by atomic mass is 9.66. The van der Waals surface area contributed by atoms with Crippen LogP contribution >= 0.6 is 0 Å². The highest BCUT2D eigenvalue weighted by atomic mass is 16.5. The van der Waals surface area contributed by atoms with Crippen LogP contribution in [0.25, 0.3) is 0 Å². The maximum atomic E-state index is 13.8. The second kappa shape index (κ2) is 8.90. The molecule has 174 valence electrons. The van der Waals surface area contributed by atoms with Crippen LogP contribution in [0.3, 0.4) is 0 Å². The molecule has 2 bridgehead atoms. The van der Waals surface area contributed by atoms with Crippen molar-refractivity contribution < 1.29 is 29.3 Å². The molecule has 2 unspecified atom stereocenters. The molecule has 0 aromatic heterocycles. The van der Waals surface area contributed by atoms with Gasteiger partial charge in [0.1, 0.15) is 11.6 Å². The standard InChI is InChI=1S/C23H36N2O6/c1-5-12-24(15(2)3)20(28)18-23-11-10-22(4,31-23)17(21(29)30)16(23)19(27)25(18)13-8-6-7-9-14-26/h5,15-18,26H,1,6-14H2,2-4H3,(H,29,30)/t16-,17-,18?,22+,23?/m0/s1. The number of amides is 2. The van der Waals surface area contributed by atoms with Crippen molar-refractivity contribution in [1.82, 2.24) is 9.80 Å². The summed E-state index contributed by atoms with van der Waals surface area (Å²) in [5.74, 6) is -3.30. The number of rotatable bonds is 11. The van der Waals surface area contributed by atoms with Gasteiger partial charge >= 0.3 is 5.97 Å². The summed E-state index contributed by atoms with van der Waals surface area (Å²) in [7, 11) is 0. The number of nitrogens with zero attached hydrogens (tertiary/aromatic N) is 2. The first-order valence-electron chi connectivity index (χ1n) is 11.4. The highest BCUT2D eigenvalue weighted by Gasteiger charge is 2.78. The molecule has 3 aliphatic heterocycles. The molecular formula is C23H36N2O6. The Kier molecular flexibility index (Phi) is 6.81. The van der Waals surface area contributed by atoms with Gasteiger partial charge in [0.05, 0.1) is 17.4 Å². The van der Waals surface area contributed by atoms with E-state index in [1.165, 1.54) is 0 Å². The average molecular weight is 437 g/mol. The van der Waals surface area contributed by atoms with Gasteiger partial charge in [-0.2, -0.15) is 0 Å². The highest BCUT2D eigenvalue weighted by molar-refractivity contribution is 5.98. The van der Waals surface area contributed by atoms with Gasteiger partial charge in [-0.3, -0.25) is 14.4 Å². The summed E-state index contributed by atoms with van der Waals surface area (Å²) in [5, 5.41) is 18.9. The fourth-order valence-corrected chi connectivity index (χ4v) is 5.92. The molecule has 3 fully saturated rings. The Bertz CT molecular complexity index is 740. The number of aliphatic hydroxyl groups is 1. The fourth-order valence-electron chi connectivity index (χ4n) is 5.92. The third-order valence-corrected chi connectivity index (χ3v) is 7.32. The largest absolute Gasteiger partial charge is 0.481 e. The number of likely N-dealkylation sites (tertiary alicyclic amines) is 1. The number of carboxylic acid groups (broad SMARTS) is 1. The van der Waals surface area contributed by atoms with E-state index in [0.29, 0.717) is 38.8 Å². The number of hydrogen-bond acceptors (Lipinski definition) is 5. The summed E-state index contributed by atoms with van der Waals surface area (Å²) in [5.41, 5.74) is -2.02. The zero-order valence-corrected chi connectivity index (χ0v) is 18.9. The zero-order chi connectivity index (χ0) is 23.0. The Morgan fingerprint density at radius 2 is 1.97 bits per heavy atom. The molecule has 0 aliphatic carbocycles. The molecule has 3 heterocycles. The molecule has 3 aliphatic rings. The van der Waals surface area contributed by atoms with Crippen molar-refractivity contribution in [3.8, 4) is 0 Å². The number of carbonyl (C=O) groups excluding carboxylic acids is 2. The van der Waals surface area contributed by atoms with Gasteiger partial charge in [-0.25, -0.2) is 0 Å². The van der Waals surface area contributed by atoms with Gasteiger partial charge in [-0.15, -0.1) is 6.58 Å². The van der Waals surface area contributed by atoms with E-state index in [2.05, 4.69) is 6.58 Å². The molecule has 5 atom stereocenters. The van der Waals surface area contributed by atoms with Gasteiger partial charge < -0.3 is 24.7 Å². The fraction of sp³-hybridized carbons (Fsp3) is 0.783. The van der Waals surface area contributed by atoms with E-state index in [0.717, 1.165) is 12.8 Å². The second-order valence-corrected chi connectivity index (χ2v) is 9.61. The number of hydrogen-bond donors (Lipinski definition) is 2. The Hall–Kier alpha value is -1.93. The van der Waals surface area contributed by atoms with Crippen LogP contribution in [0.2, 0.25) is 0 Å². The first-order chi connectivity index (χ1) is 14.6. The van der Waals surface area contributed by atoms with Crippen molar-refractivity contribution in [2.45, 2.75) is 82.6 Å². The number of aliphatic hydroxyl groups excluding tert-OH is 1. The monoisotopic (exact) mass is 436 g/mol. The number of fused-ring (bicyclic) bond motifs is 1. The lowest BCUT2D eigenvalue weighted by Crippen LogP contribution is -2.57. The summed E-state index contributed by atoms with van der Waals surface area (Å²) < 4.78 is 6.38. The lowest BCUT2D eigenvalue weighted by molar-refractivity contribution is -0.156. The van der Waals surface area contributed by atoms with Crippen molar-refractivity contribution in [2.24, 2.45) is 11.8 Å². The van der Waals surface area contributed by atoms with E-state index in [9.17, 15) is 19.5 Å². The Labute approximate surface area is 184 Å². The van der Waals surface area contributed by atoms with E-state index in [-0.39, 0.29) is 24.5 Å². The molecule has 0 radical (unpaired) electrons. The van der Waals surface area contributed by atoms with Crippen LogP contribution in [0, 0.1) is 11.8 Å². The molecule has 0 saturated carbocycles. The first kappa shape index (κ1) is 23.7. The van der Waals surface area contributed by atoms with Crippen molar-refractivity contribution in [2.75, 3.05) is 19.7 Å². The van der Waals surface area contributed by atoms with E-state index < -0.39 is 35.0 Å². The predicted octanol–water partition coefficient (Wildman–Crippen LogP) is 1.81. The zero-order valence-electron chi connectivity index (χ0n) is 18.9. The predicted molar refractivity (Wildman–Crippen MR) is 114 cm³/mol. The molecular weight excluding hydrogens is 400 g/mol. The van der Waals surface area contributed by atoms with Crippen molar-refractivity contribution >= 4 is 17.8 Å². The maximum absolute atomic E-state index is 13.8. The van der Waals surface area contributed by atoms with E-state index in [4.69, 9.17) is 9.84 Å². The van der Waals surface area contributed by atoms with Gasteiger partial charge in [0.25, 0.3) is 0 Å². The van der Waals surface area contributed by atoms with Gasteiger partial charge in [0.2, 0.25) is 11.8 Å². The topological polar surface area (TPSA) is 107 Å². The summed E-state index contributed by atoms with van der Waals surface area (Å²) in [6.45, 7) is 10.2. The Balaban J connectivity index is 1.96. The number of aliphatic carboxylic acids is 1. The van der Waals surface area contributed by atoms with Crippen molar-refractivity contribution in [3.63, 3.8) is 0 Å². The normalized spacial score (nSPS) is 33.8. The minimum atomic E-state index is -1.09. The number of carboxylic acids is 1. The first-order valence-corrected chi connectivity index (χ1v) is 11.4. The van der Waals surface area contributed by atoms with E-state index >= 15 is 0 Å². The number of unbranched alkanes of at least 4 members (excludes halogenated alkanes) is 3. The maximum Gasteiger partial charge on any atom is 0.310 e. The lowest BCUT2D eigenvalue weighted by Gasteiger charge is -2.38. The molecule has 3 rings (SSSR count). The Morgan fingerprint density at radius 1 is 1.29 bits per heavy atom. The summed E-state index contributed by atoms with van der Waals surface area (Å²) >= 11 is 0. The SMILES string of the molecule is C=CCN(C(=O)C1N(CCCCCCO)C(=O)[C@@H]2[C@@H](C(=O)O)[C@@]3(C)CCC12O3)C(C)C.